The van der Waals surface area contributed by atoms with Crippen molar-refractivity contribution in [3.8, 4) is 5.88 Å². The number of likely N-dealkylation sites (N-methyl/N-ethyl adjacent to an activating group) is 1. The van der Waals surface area contributed by atoms with Crippen LogP contribution in [0, 0.1) is 12.3 Å². The first-order valence-electron chi connectivity index (χ1n) is 13.1. The van der Waals surface area contributed by atoms with Gasteiger partial charge in [0, 0.05) is 30.3 Å². The van der Waals surface area contributed by atoms with E-state index in [4.69, 9.17) is 4.74 Å². The number of nitrogens with zero attached hydrogens (tertiary/aromatic N) is 2. The lowest BCUT2D eigenvalue weighted by atomic mass is 9.75. The fourth-order valence-electron chi connectivity index (χ4n) is 4.64. The Balaban J connectivity index is 1.66. The number of ether oxygens (including phenoxy) is 1. The van der Waals surface area contributed by atoms with Crippen molar-refractivity contribution in [3.63, 3.8) is 0 Å². The minimum absolute atomic E-state index is 0.0553. The quantitative estimate of drug-likeness (QED) is 0.402. The first-order chi connectivity index (χ1) is 17.5. The summed E-state index contributed by atoms with van der Waals surface area (Å²) in [5.41, 5.74) is 2.95. The summed E-state index contributed by atoms with van der Waals surface area (Å²) in [5, 5.41) is 5.80. The Kier molecular flexibility index (Phi) is 9.48. The second-order valence-electron chi connectivity index (χ2n) is 10.9. The molecule has 1 atom stereocenters. The number of hydrogen-bond acceptors (Lipinski definition) is 6. The molecule has 3 N–H and O–H groups in total. The van der Waals surface area contributed by atoms with Gasteiger partial charge >= 0.3 is 0 Å². The van der Waals surface area contributed by atoms with Crippen molar-refractivity contribution in [1.82, 2.24) is 25.5 Å². The summed E-state index contributed by atoms with van der Waals surface area (Å²) in [6.07, 6.45) is 3.36. The number of carbonyl (C=O) groups is 3. The van der Waals surface area contributed by atoms with E-state index in [1.165, 1.54) is 0 Å². The lowest BCUT2D eigenvalue weighted by Gasteiger charge is -2.28. The van der Waals surface area contributed by atoms with E-state index in [-0.39, 0.29) is 29.6 Å². The third-order valence-corrected chi connectivity index (χ3v) is 6.61. The highest BCUT2D eigenvalue weighted by molar-refractivity contribution is 6.05. The molecule has 2 aromatic heterocycles. The first-order valence-corrected chi connectivity index (χ1v) is 13.1. The van der Waals surface area contributed by atoms with Gasteiger partial charge in [-0.3, -0.25) is 14.4 Å². The predicted octanol–water partition coefficient (Wildman–Crippen LogP) is 3.42. The molecule has 0 radical (unpaired) electrons. The fraction of sp³-hybridized carbons (Fsp3) is 0.571. The van der Waals surface area contributed by atoms with Gasteiger partial charge in [0.15, 0.2) is 5.78 Å². The molecule has 2 amide bonds. The number of aromatic amines is 1. The molecule has 1 aliphatic rings. The van der Waals surface area contributed by atoms with Gasteiger partial charge in [0.25, 0.3) is 5.91 Å². The molecule has 3 rings (SSSR count). The third kappa shape index (κ3) is 7.64. The fourth-order valence-corrected chi connectivity index (χ4v) is 4.64. The average molecular weight is 512 g/mol. The van der Waals surface area contributed by atoms with Crippen molar-refractivity contribution in [2.75, 3.05) is 27.2 Å². The topological polar surface area (TPSA) is 116 Å². The van der Waals surface area contributed by atoms with Crippen molar-refractivity contribution in [1.29, 1.82) is 0 Å². The second kappa shape index (κ2) is 12.4. The molecule has 9 heteroatoms. The predicted molar refractivity (Wildman–Crippen MR) is 143 cm³/mol. The van der Waals surface area contributed by atoms with Gasteiger partial charge in [0.2, 0.25) is 11.8 Å². The summed E-state index contributed by atoms with van der Waals surface area (Å²) in [6.45, 7) is 9.45. The number of amides is 2. The molecular formula is C28H41N5O4. The highest BCUT2D eigenvalue weighted by Gasteiger charge is 2.35. The zero-order valence-corrected chi connectivity index (χ0v) is 23.0. The molecule has 1 aliphatic carbocycles. The summed E-state index contributed by atoms with van der Waals surface area (Å²) >= 11 is 0. The van der Waals surface area contributed by atoms with Crippen LogP contribution >= 0.6 is 0 Å². The number of ketones is 1. The molecule has 1 unspecified atom stereocenters. The van der Waals surface area contributed by atoms with E-state index in [0.717, 1.165) is 25.1 Å². The Bertz CT molecular complexity index is 1120. The van der Waals surface area contributed by atoms with Crippen LogP contribution in [0.4, 0.5) is 0 Å². The molecule has 0 saturated carbocycles. The van der Waals surface area contributed by atoms with Crippen LogP contribution in [-0.4, -0.2) is 65.8 Å². The van der Waals surface area contributed by atoms with E-state index >= 15 is 0 Å². The van der Waals surface area contributed by atoms with Gasteiger partial charge in [-0.05, 0) is 50.9 Å². The number of aromatic nitrogens is 2. The number of rotatable bonds is 12. The smallest absolute Gasteiger partial charge is 0.268 e. The van der Waals surface area contributed by atoms with Crippen molar-refractivity contribution in [3.05, 3.63) is 46.4 Å². The minimum Gasteiger partial charge on any atom is -0.476 e. The number of pyridine rings is 1. The highest BCUT2D eigenvalue weighted by atomic mass is 16.5. The van der Waals surface area contributed by atoms with Crippen LogP contribution in [0.2, 0.25) is 0 Å². The van der Waals surface area contributed by atoms with Gasteiger partial charge < -0.3 is 25.3 Å². The van der Waals surface area contributed by atoms with Crippen LogP contribution < -0.4 is 15.4 Å². The number of carbonyl (C=O) groups excluding carboxylic acids is 3. The summed E-state index contributed by atoms with van der Waals surface area (Å²) in [7, 11) is 3.95. The summed E-state index contributed by atoms with van der Waals surface area (Å²) in [4.78, 5) is 48.7. The molecule has 0 fully saturated rings. The Labute approximate surface area is 219 Å². The maximum atomic E-state index is 13.2. The van der Waals surface area contributed by atoms with E-state index < -0.39 is 6.04 Å². The average Bonchev–Trinajstić information content (AvgIpc) is 3.15. The Morgan fingerprint density at radius 2 is 2.00 bits per heavy atom. The Hall–Kier alpha value is -3.20. The first kappa shape index (κ1) is 28.4. The number of unbranched alkanes of at least 4 members (excludes halogenated alkanes) is 1. The SMILES string of the molecule is CCCCC(NC(=O)c1[nH]c2c(c1C)C(=O)CC(C)(C)C2)C(=O)NCc1cccc(OCCN(C)C)n1. The summed E-state index contributed by atoms with van der Waals surface area (Å²) in [6, 6.07) is 4.76. The molecular weight excluding hydrogens is 470 g/mol. The molecule has 202 valence electrons. The number of hydrogen-bond donors (Lipinski definition) is 3. The largest absolute Gasteiger partial charge is 0.476 e. The van der Waals surface area contributed by atoms with Crippen LogP contribution in [0.3, 0.4) is 0 Å². The van der Waals surface area contributed by atoms with Gasteiger partial charge in [-0.2, -0.15) is 0 Å². The van der Waals surface area contributed by atoms with Crippen LogP contribution in [0.1, 0.15) is 84.3 Å². The molecule has 9 nitrogen and oxygen atoms in total. The number of nitrogens with one attached hydrogen (secondary N) is 3. The van der Waals surface area contributed by atoms with Crippen LogP contribution in [-0.2, 0) is 17.8 Å². The van der Waals surface area contributed by atoms with Crippen molar-refractivity contribution >= 4 is 17.6 Å². The zero-order chi connectivity index (χ0) is 27.2. The van der Waals surface area contributed by atoms with Gasteiger partial charge in [-0.15, -0.1) is 0 Å². The minimum atomic E-state index is -0.696. The van der Waals surface area contributed by atoms with E-state index in [1.807, 2.05) is 38.1 Å². The van der Waals surface area contributed by atoms with Gasteiger partial charge in [0.05, 0.1) is 12.2 Å². The second-order valence-corrected chi connectivity index (χ2v) is 10.9. The number of H-pyrrole nitrogens is 1. The van der Waals surface area contributed by atoms with Gasteiger partial charge in [-0.1, -0.05) is 39.7 Å². The number of Topliss-reactive ketones (excluding diaryl/α,β-unsaturated/α-hetero) is 1. The highest BCUT2D eigenvalue weighted by Crippen LogP contribution is 2.36. The summed E-state index contributed by atoms with van der Waals surface area (Å²) in [5.74, 6) is -0.0787. The van der Waals surface area contributed by atoms with E-state index in [1.54, 1.807) is 13.0 Å². The van der Waals surface area contributed by atoms with Gasteiger partial charge in [-0.25, -0.2) is 4.98 Å². The normalized spacial score (nSPS) is 15.3. The molecule has 37 heavy (non-hydrogen) atoms. The zero-order valence-electron chi connectivity index (χ0n) is 23.0. The molecule has 2 heterocycles. The van der Waals surface area contributed by atoms with Gasteiger partial charge in [0.1, 0.15) is 18.3 Å². The molecule has 0 aromatic carbocycles. The van der Waals surface area contributed by atoms with E-state index in [2.05, 4.69) is 34.4 Å². The monoisotopic (exact) mass is 511 g/mol. The Morgan fingerprint density at radius 1 is 1.24 bits per heavy atom. The standard InChI is InChI=1S/C28H41N5O4/c1-7-8-11-20(26(35)29-17-19-10-9-12-23(30-19)37-14-13-33(5)6)32-27(36)25-18(2)24-21(31-25)15-28(3,4)16-22(24)34/h9-10,12,20,31H,7-8,11,13-17H2,1-6H3,(H,29,35)(H,32,36). The third-order valence-electron chi connectivity index (χ3n) is 6.61. The van der Waals surface area contributed by atoms with E-state index in [0.29, 0.717) is 54.3 Å². The summed E-state index contributed by atoms with van der Waals surface area (Å²) < 4.78 is 5.68. The molecule has 0 bridgehead atoms. The van der Waals surface area contributed by atoms with Crippen LogP contribution in [0.25, 0.3) is 0 Å². The lowest BCUT2D eigenvalue weighted by molar-refractivity contribution is -0.123. The van der Waals surface area contributed by atoms with Crippen molar-refractivity contribution < 1.29 is 19.1 Å². The van der Waals surface area contributed by atoms with Crippen molar-refractivity contribution in [2.45, 2.75) is 72.4 Å². The lowest BCUT2D eigenvalue weighted by Crippen LogP contribution is -2.46. The maximum Gasteiger partial charge on any atom is 0.268 e. The molecule has 0 spiro atoms. The Morgan fingerprint density at radius 3 is 2.70 bits per heavy atom. The number of fused-ring (bicyclic) bond motifs is 1. The van der Waals surface area contributed by atoms with Crippen LogP contribution in [0.5, 0.6) is 5.88 Å². The molecule has 0 aliphatic heterocycles. The van der Waals surface area contributed by atoms with E-state index in [9.17, 15) is 14.4 Å². The van der Waals surface area contributed by atoms with Crippen LogP contribution in [0.15, 0.2) is 18.2 Å². The van der Waals surface area contributed by atoms with Crippen molar-refractivity contribution in [2.24, 2.45) is 5.41 Å². The maximum absolute atomic E-state index is 13.2. The molecule has 0 saturated heterocycles. The molecule has 2 aromatic rings.